The molecule has 0 saturated heterocycles. The summed E-state index contributed by atoms with van der Waals surface area (Å²) in [6, 6.07) is 11.3. The van der Waals surface area contributed by atoms with Gasteiger partial charge in [-0.1, -0.05) is 53.0 Å². The molecule has 0 aliphatic heterocycles. The third-order valence-corrected chi connectivity index (χ3v) is 3.62. The summed E-state index contributed by atoms with van der Waals surface area (Å²) in [5, 5.41) is 11.7. The first-order valence-electron chi connectivity index (χ1n) is 6.08. The highest BCUT2D eigenvalue weighted by Crippen LogP contribution is 2.33. The number of benzene rings is 2. The molecule has 112 valence electrons. The van der Waals surface area contributed by atoms with Gasteiger partial charge in [-0.2, -0.15) is 5.26 Å². The van der Waals surface area contributed by atoms with E-state index >= 15 is 0 Å². The van der Waals surface area contributed by atoms with Crippen LogP contribution in [0.15, 0.2) is 42.5 Å². The van der Waals surface area contributed by atoms with Gasteiger partial charge in [0.05, 0.1) is 5.02 Å². The molecule has 0 bridgehead atoms. The molecule has 0 fully saturated rings. The molecular formula is C15H9Cl3N2O2. The number of nitrogens with one attached hydrogen (secondary N) is 1. The normalized spacial score (nSPS) is 11.4. The molecule has 0 heterocycles. The van der Waals surface area contributed by atoms with E-state index in [9.17, 15) is 4.79 Å². The van der Waals surface area contributed by atoms with Gasteiger partial charge in [0.25, 0.3) is 5.91 Å². The maximum Gasteiger partial charge on any atom is 0.278 e. The molecule has 0 radical (unpaired) electrons. The summed E-state index contributed by atoms with van der Waals surface area (Å²) >= 11 is 18.0. The minimum Gasteiger partial charge on any atom is -0.474 e. The van der Waals surface area contributed by atoms with E-state index in [-0.39, 0.29) is 10.8 Å². The Hall–Kier alpha value is -1.93. The van der Waals surface area contributed by atoms with Crippen molar-refractivity contribution in [1.82, 2.24) is 5.32 Å². The number of hydrogen-bond acceptors (Lipinski definition) is 3. The zero-order valence-corrected chi connectivity index (χ0v) is 13.3. The van der Waals surface area contributed by atoms with E-state index in [4.69, 9.17) is 44.8 Å². The average molecular weight is 356 g/mol. The molecule has 1 atom stereocenters. The molecular weight excluding hydrogens is 347 g/mol. The van der Waals surface area contributed by atoms with Crippen LogP contribution in [0.5, 0.6) is 5.75 Å². The van der Waals surface area contributed by atoms with Gasteiger partial charge in [-0.3, -0.25) is 10.1 Å². The van der Waals surface area contributed by atoms with Crippen molar-refractivity contribution in [3.63, 3.8) is 0 Å². The predicted molar refractivity (Wildman–Crippen MR) is 85.0 cm³/mol. The highest BCUT2D eigenvalue weighted by molar-refractivity contribution is 6.35. The van der Waals surface area contributed by atoms with Gasteiger partial charge in [0, 0.05) is 15.6 Å². The maximum absolute atomic E-state index is 12.1. The van der Waals surface area contributed by atoms with Crippen molar-refractivity contribution in [2.45, 2.75) is 6.10 Å². The van der Waals surface area contributed by atoms with Gasteiger partial charge < -0.3 is 4.74 Å². The Kier molecular flexibility index (Phi) is 5.51. The maximum atomic E-state index is 12.1. The van der Waals surface area contributed by atoms with Crippen LogP contribution in [0.25, 0.3) is 0 Å². The number of carbonyl (C=O) groups excluding carboxylic acids is 1. The van der Waals surface area contributed by atoms with Gasteiger partial charge in [0.15, 0.2) is 6.19 Å². The molecule has 1 unspecified atom stereocenters. The van der Waals surface area contributed by atoms with Crippen LogP contribution in [0.2, 0.25) is 15.1 Å². The lowest BCUT2D eigenvalue weighted by Crippen LogP contribution is -2.29. The van der Waals surface area contributed by atoms with Crippen LogP contribution in [0.4, 0.5) is 0 Å². The lowest BCUT2D eigenvalue weighted by Gasteiger charge is -2.19. The minimum atomic E-state index is -1.12. The first-order chi connectivity index (χ1) is 10.5. The van der Waals surface area contributed by atoms with Crippen molar-refractivity contribution in [2.24, 2.45) is 0 Å². The van der Waals surface area contributed by atoms with Gasteiger partial charge in [-0.05, 0) is 24.3 Å². The second-order valence-corrected chi connectivity index (χ2v) is 5.45. The highest BCUT2D eigenvalue weighted by Gasteiger charge is 2.25. The van der Waals surface area contributed by atoms with Gasteiger partial charge in [0.2, 0.25) is 6.10 Å². The standard InChI is InChI=1S/C15H9Cl3N2O2/c16-9-5-6-13(12(18)7-9)22-14(15(21)20-8-19)10-3-1-2-4-11(10)17/h1-7,14H,(H,20,21). The van der Waals surface area contributed by atoms with Crippen LogP contribution in [0, 0.1) is 11.5 Å². The van der Waals surface area contributed by atoms with Crippen molar-refractivity contribution in [3.05, 3.63) is 63.1 Å². The molecule has 1 amide bonds. The lowest BCUT2D eigenvalue weighted by atomic mass is 10.1. The average Bonchev–Trinajstić information content (AvgIpc) is 2.48. The smallest absolute Gasteiger partial charge is 0.278 e. The molecule has 7 heteroatoms. The van der Waals surface area contributed by atoms with E-state index in [1.807, 2.05) is 5.32 Å². The fourth-order valence-electron chi connectivity index (χ4n) is 1.76. The summed E-state index contributed by atoms with van der Waals surface area (Å²) in [5.41, 5.74) is 0.419. The summed E-state index contributed by atoms with van der Waals surface area (Å²) < 4.78 is 5.64. The summed E-state index contributed by atoms with van der Waals surface area (Å²) in [7, 11) is 0. The third-order valence-electron chi connectivity index (χ3n) is 2.74. The number of nitrogens with zero attached hydrogens (tertiary/aromatic N) is 1. The number of rotatable bonds is 4. The van der Waals surface area contributed by atoms with Gasteiger partial charge in [0.1, 0.15) is 5.75 Å². The zero-order chi connectivity index (χ0) is 16.1. The van der Waals surface area contributed by atoms with Crippen molar-refractivity contribution in [3.8, 4) is 11.9 Å². The second kappa shape index (κ2) is 7.37. The highest BCUT2D eigenvalue weighted by atomic mass is 35.5. The topological polar surface area (TPSA) is 62.1 Å². The summed E-state index contributed by atoms with van der Waals surface area (Å²) in [5.74, 6) is -0.398. The predicted octanol–water partition coefficient (Wildman–Crippen LogP) is 4.36. The molecule has 1 N–H and O–H groups in total. The molecule has 0 aliphatic rings. The van der Waals surface area contributed by atoms with E-state index in [2.05, 4.69) is 0 Å². The van der Waals surface area contributed by atoms with Gasteiger partial charge in [-0.15, -0.1) is 0 Å². The fourth-order valence-corrected chi connectivity index (χ4v) is 2.45. The molecule has 0 spiro atoms. The van der Waals surface area contributed by atoms with E-state index < -0.39 is 12.0 Å². The van der Waals surface area contributed by atoms with Crippen molar-refractivity contribution in [1.29, 1.82) is 5.26 Å². The van der Waals surface area contributed by atoms with Gasteiger partial charge >= 0.3 is 0 Å². The lowest BCUT2D eigenvalue weighted by molar-refractivity contribution is -0.127. The van der Waals surface area contributed by atoms with Crippen LogP contribution in [0.1, 0.15) is 11.7 Å². The molecule has 2 aromatic carbocycles. The Bertz CT molecular complexity index is 744. The monoisotopic (exact) mass is 354 g/mol. The SMILES string of the molecule is N#CNC(=O)C(Oc1ccc(Cl)cc1Cl)c1ccccc1Cl. The summed E-state index contributed by atoms with van der Waals surface area (Å²) in [6.07, 6.45) is 0.451. The minimum absolute atomic E-state index is 0.245. The number of hydrogen-bond donors (Lipinski definition) is 1. The largest absolute Gasteiger partial charge is 0.474 e. The van der Waals surface area contributed by atoms with E-state index in [1.165, 1.54) is 12.1 Å². The van der Waals surface area contributed by atoms with Crippen LogP contribution in [-0.2, 0) is 4.79 Å². The van der Waals surface area contributed by atoms with Crippen LogP contribution in [-0.4, -0.2) is 5.91 Å². The first-order valence-corrected chi connectivity index (χ1v) is 7.21. The number of ether oxygens (including phenoxy) is 1. The number of nitriles is 1. The van der Waals surface area contributed by atoms with E-state index in [1.54, 1.807) is 36.5 Å². The fraction of sp³-hybridized carbons (Fsp3) is 0.0667. The first kappa shape index (κ1) is 16.4. The van der Waals surface area contributed by atoms with Gasteiger partial charge in [-0.25, -0.2) is 0 Å². The molecule has 4 nitrogen and oxygen atoms in total. The molecule has 0 aliphatic carbocycles. The number of amides is 1. The second-order valence-electron chi connectivity index (χ2n) is 4.20. The Morgan fingerprint density at radius 2 is 1.86 bits per heavy atom. The number of carbonyl (C=O) groups is 1. The Balaban J connectivity index is 2.39. The quantitative estimate of drug-likeness (QED) is 0.654. The van der Waals surface area contributed by atoms with Crippen molar-refractivity contribution >= 4 is 40.7 Å². The van der Waals surface area contributed by atoms with E-state index in [0.29, 0.717) is 15.6 Å². The molecule has 22 heavy (non-hydrogen) atoms. The van der Waals surface area contributed by atoms with Crippen LogP contribution < -0.4 is 10.1 Å². The van der Waals surface area contributed by atoms with E-state index in [0.717, 1.165) is 0 Å². The van der Waals surface area contributed by atoms with Crippen molar-refractivity contribution < 1.29 is 9.53 Å². The van der Waals surface area contributed by atoms with Crippen LogP contribution in [0.3, 0.4) is 0 Å². The Morgan fingerprint density at radius 3 is 2.50 bits per heavy atom. The van der Waals surface area contributed by atoms with Crippen LogP contribution >= 0.6 is 34.8 Å². The third kappa shape index (κ3) is 3.83. The Morgan fingerprint density at radius 1 is 1.14 bits per heavy atom. The van der Waals surface area contributed by atoms with Crippen molar-refractivity contribution in [2.75, 3.05) is 0 Å². The molecule has 2 aromatic rings. The molecule has 2 rings (SSSR count). The summed E-state index contributed by atoms with van der Waals surface area (Å²) in [4.78, 5) is 12.1. The summed E-state index contributed by atoms with van der Waals surface area (Å²) in [6.45, 7) is 0. The number of halogens is 3. The molecule has 0 saturated carbocycles. The zero-order valence-electron chi connectivity index (χ0n) is 11.0. The molecule has 0 aromatic heterocycles. The Labute approximate surface area is 142 Å².